The second-order valence-corrected chi connectivity index (χ2v) is 5.32. The van der Waals surface area contributed by atoms with Crippen LogP contribution in [-0.2, 0) is 4.79 Å². The van der Waals surface area contributed by atoms with Crippen LogP contribution in [0.2, 0.25) is 0 Å². The number of aliphatic carboxylic acids is 1. The molecule has 0 aliphatic carbocycles. The van der Waals surface area contributed by atoms with Gasteiger partial charge in [-0.05, 0) is 5.92 Å². The van der Waals surface area contributed by atoms with Crippen molar-refractivity contribution in [2.24, 2.45) is 5.92 Å². The van der Waals surface area contributed by atoms with Crippen molar-refractivity contribution in [3.05, 3.63) is 0 Å². The van der Waals surface area contributed by atoms with Crippen molar-refractivity contribution in [3.8, 4) is 0 Å². The molecule has 0 fully saturated rings. The van der Waals surface area contributed by atoms with E-state index in [-0.39, 0.29) is 0 Å². The summed E-state index contributed by atoms with van der Waals surface area (Å²) in [6, 6.07) is 0. The quantitative estimate of drug-likeness (QED) is 0.488. The van der Waals surface area contributed by atoms with Crippen molar-refractivity contribution in [3.63, 3.8) is 0 Å². The Hall–Kier alpha value is -0.530. The lowest BCUT2D eigenvalue weighted by Gasteiger charge is -2.07. The van der Waals surface area contributed by atoms with E-state index in [1.807, 2.05) is 6.92 Å². The first-order valence-corrected chi connectivity index (χ1v) is 7.38. The molecule has 0 aliphatic heterocycles. The van der Waals surface area contributed by atoms with Crippen LogP contribution >= 0.6 is 0 Å². The fraction of sp³-hybridized carbons (Fsp3) is 0.933. The predicted octanol–water partition coefficient (Wildman–Crippen LogP) is 5.02. The molecule has 0 aliphatic rings. The first-order chi connectivity index (χ1) is 8.16. The normalized spacial score (nSPS) is 12.6. The summed E-state index contributed by atoms with van der Waals surface area (Å²) in [5.41, 5.74) is 0. The molecular formula is C15H30O2. The lowest BCUT2D eigenvalue weighted by Crippen LogP contribution is -2.03. The Kier molecular flexibility index (Phi) is 11.6. The standard InChI is InChI=1S/C15H30O2/c1-3-4-5-6-7-8-9-10-11-12-14(2)13-15(16)17/h14H,3-13H2,1-2H3,(H,16,17). The number of hydrogen-bond acceptors (Lipinski definition) is 1. The van der Waals surface area contributed by atoms with Crippen LogP contribution in [0.4, 0.5) is 0 Å². The molecule has 0 bridgehead atoms. The molecular weight excluding hydrogens is 212 g/mol. The van der Waals surface area contributed by atoms with Gasteiger partial charge in [0.05, 0.1) is 0 Å². The van der Waals surface area contributed by atoms with Crippen LogP contribution in [0.3, 0.4) is 0 Å². The van der Waals surface area contributed by atoms with Crippen molar-refractivity contribution >= 4 is 5.97 Å². The third kappa shape index (κ3) is 13.4. The Morgan fingerprint density at radius 2 is 1.41 bits per heavy atom. The molecule has 1 atom stereocenters. The first-order valence-electron chi connectivity index (χ1n) is 7.38. The van der Waals surface area contributed by atoms with E-state index in [1.165, 1.54) is 57.8 Å². The summed E-state index contributed by atoms with van der Waals surface area (Å²) in [6.07, 6.45) is 13.4. The molecule has 17 heavy (non-hydrogen) atoms. The topological polar surface area (TPSA) is 37.3 Å². The molecule has 0 saturated carbocycles. The van der Waals surface area contributed by atoms with Gasteiger partial charge in [0.2, 0.25) is 0 Å². The van der Waals surface area contributed by atoms with Crippen LogP contribution < -0.4 is 0 Å². The fourth-order valence-electron chi connectivity index (χ4n) is 2.20. The Labute approximate surface area is 107 Å². The molecule has 2 heteroatoms. The molecule has 1 unspecified atom stereocenters. The molecule has 0 aromatic carbocycles. The molecule has 0 rings (SSSR count). The predicted molar refractivity (Wildman–Crippen MR) is 73.3 cm³/mol. The van der Waals surface area contributed by atoms with Crippen LogP contribution in [0.1, 0.15) is 84.5 Å². The smallest absolute Gasteiger partial charge is 0.303 e. The molecule has 0 aromatic rings. The lowest BCUT2D eigenvalue weighted by molar-refractivity contribution is -0.138. The van der Waals surface area contributed by atoms with Gasteiger partial charge in [0.15, 0.2) is 0 Å². The third-order valence-electron chi connectivity index (χ3n) is 3.32. The summed E-state index contributed by atoms with van der Waals surface area (Å²) in [7, 11) is 0. The van der Waals surface area contributed by atoms with E-state index in [1.54, 1.807) is 0 Å². The van der Waals surface area contributed by atoms with Gasteiger partial charge in [-0.15, -0.1) is 0 Å². The number of unbranched alkanes of at least 4 members (excludes halogenated alkanes) is 8. The molecule has 0 aromatic heterocycles. The van der Waals surface area contributed by atoms with Gasteiger partial charge in [0.25, 0.3) is 0 Å². The molecule has 0 amide bonds. The number of rotatable bonds is 12. The zero-order valence-electron chi connectivity index (χ0n) is 11.7. The Morgan fingerprint density at radius 1 is 0.941 bits per heavy atom. The van der Waals surface area contributed by atoms with Crippen molar-refractivity contribution in [1.82, 2.24) is 0 Å². The number of hydrogen-bond donors (Lipinski definition) is 1. The highest BCUT2D eigenvalue weighted by Gasteiger charge is 2.06. The van der Waals surface area contributed by atoms with Gasteiger partial charge in [-0.25, -0.2) is 0 Å². The zero-order valence-corrected chi connectivity index (χ0v) is 11.7. The molecule has 0 spiro atoms. The average molecular weight is 242 g/mol. The van der Waals surface area contributed by atoms with E-state index in [0.29, 0.717) is 12.3 Å². The Bertz CT molecular complexity index is 178. The third-order valence-corrected chi connectivity index (χ3v) is 3.32. The molecule has 1 N–H and O–H groups in total. The average Bonchev–Trinajstić information content (AvgIpc) is 2.26. The van der Waals surface area contributed by atoms with Crippen molar-refractivity contribution < 1.29 is 9.90 Å². The minimum Gasteiger partial charge on any atom is -0.481 e. The summed E-state index contributed by atoms with van der Waals surface area (Å²) in [5, 5.41) is 8.63. The highest BCUT2D eigenvalue weighted by Crippen LogP contribution is 2.15. The minimum atomic E-state index is -0.659. The van der Waals surface area contributed by atoms with E-state index in [4.69, 9.17) is 5.11 Å². The molecule has 0 heterocycles. The summed E-state index contributed by atoms with van der Waals surface area (Å²) < 4.78 is 0. The minimum absolute atomic E-state index is 0.330. The van der Waals surface area contributed by atoms with Crippen molar-refractivity contribution in [2.45, 2.75) is 84.5 Å². The first kappa shape index (κ1) is 16.5. The van der Waals surface area contributed by atoms with Gasteiger partial charge >= 0.3 is 5.97 Å². The van der Waals surface area contributed by atoms with Crippen LogP contribution in [0, 0.1) is 5.92 Å². The number of carbonyl (C=O) groups is 1. The van der Waals surface area contributed by atoms with E-state index < -0.39 is 5.97 Å². The summed E-state index contributed by atoms with van der Waals surface area (Å²) in [6.45, 7) is 4.29. The van der Waals surface area contributed by atoms with Gasteiger partial charge in [0, 0.05) is 6.42 Å². The maximum atomic E-state index is 10.5. The summed E-state index contributed by atoms with van der Waals surface area (Å²) in [5.74, 6) is -0.314. The monoisotopic (exact) mass is 242 g/mol. The van der Waals surface area contributed by atoms with Gasteiger partial charge in [0.1, 0.15) is 0 Å². The SMILES string of the molecule is CCCCCCCCCCCC(C)CC(=O)O. The van der Waals surface area contributed by atoms with E-state index >= 15 is 0 Å². The van der Waals surface area contributed by atoms with Crippen molar-refractivity contribution in [2.75, 3.05) is 0 Å². The zero-order chi connectivity index (χ0) is 12.9. The maximum Gasteiger partial charge on any atom is 0.303 e. The van der Waals surface area contributed by atoms with Gasteiger partial charge in [-0.3, -0.25) is 4.79 Å². The highest BCUT2D eigenvalue weighted by molar-refractivity contribution is 5.66. The lowest BCUT2D eigenvalue weighted by atomic mass is 9.99. The summed E-state index contributed by atoms with van der Waals surface area (Å²) >= 11 is 0. The number of carboxylic acids is 1. The summed E-state index contributed by atoms with van der Waals surface area (Å²) in [4.78, 5) is 10.5. The molecule has 0 radical (unpaired) electrons. The Morgan fingerprint density at radius 3 is 1.88 bits per heavy atom. The molecule has 0 saturated heterocycles. The van der Waals surface area contributed by atoms with E-state index in [2.05, 4.69) is 6.92 Å². The van der Waals surface area contributed by atoms with Crippen LogP contribution in [0.5, 0.6) is 0 Å². The van der Waals surface area contributed by atoms with Gasteiger partial charge in [-0.1, -0.05) is 78.1 Å². The second-order valence-electron chi connectivity index (χ2n) is 5.32. The van der Waals surface area contributed by atoms with Crippen LogP contribution in [-0.4, -0.2) is 11.1 Å². The number of carboxylic acid groups (broad SMARTS) is 1. The molecule has 102 valence electrons. The highest BCUT2D eigenvalue weighted by atomic mass is 16.4. The van der Waals surface area contributed by atoms with Crippen LogP contribution in [0.15, 0.2) is 0 Å². The van der Waals surface area contributed by atoms with Gasteiger partial charge in [-0.2, -0.15) is 0 Å². The largest absolute Gasteiger partial charge is 0.481 e. The van der Waals surface area contributed by atoms with Crippen molar-refractivity contribution in [1.29, 1.82) is 0 Å². The van der Waals surface area contributed by atoms with E-state index in [9.17, 15) is 4.79 Å². The maximum absolute atomic E-state index is 10.5. The van der Waals surface area contributed by atoms with Gasteiger partial charge < -0.3 is 5.11 Å². The van der Waals surface area contributed by atoms with Crippen LogP contribution in [0.25, 0.3) is 0 Å². The molecule has 2 nitrogen and oxygen atoms in total. The van der Waals surface area contributed by atoms with E-state index in [0.717, 1.165) is 6.42 Å². The second kappa shape index (κ2) is 11.9. The fourth-order valence-corrected chi connectivity index (χ4v) is 2.20. The Balaban J connectivity index is 3.10.